The predicted octanol–water partition coefficient (Wildman–Crippen LogP) is 2.70. The van der Waals surface area contributed by atoms with Crippen LogP contribution in [0.1, 0.15) is 13.3 Å². The van der Waals surface area contributed by atoms with Crippen molar-refractivity contribution in [2.75, 3.05) is 19.7 Å². The summed E-state index contributed by atoms with van der Waals surface area (Å²) in [6.45, 7) is 2.11. The minimum Gasteiger partial charge on any atom is -0.484 e. The summed E-state index contributed by atoms with van der Waals surface area (Å²) < 4.78 is 5.36. The maximum Gasteiger partial charge on any atom is 0.311 e. The number of carboxylic acids is 1. The summed E-state index contributed by atoms with van der Waals surface area (Å²) in [4.78, 5) is 24.7. The van der Waals surface area contributed by atoms with Crippen LogP contribution in [0.5, 0.6) is 5.75 Å². The third kappa shape index (κ3) is 3.60. The summed E-state index contributed by atoms with van der Waals surface area (Å²) in [6, 6.07) is 4.73. The second-order valence-corrected chi connectivity index (χ2v) is 6.11. The lowest BCUT2D eigenvalue weighted by Crippen LogP contribution is -2.37. The van der Waals surface area contributed by atoms with Gasteiger partial charge in [0.15, 0.2) is 6.61 Å². The van der Waals surface area contributed by atoms with E-state index < -0.39 is 11.4 Å². The summed E-state index contributed by atoms with van der Waals surface area (Å²) in [5, 5.41) is 9.90. The van der Waals surface area contributed by atoms with Gasteiger partial charge >= 0.3 is 5.97 Å². The van der Waals surface area contributed by atoms with E-state index in [1.807, 2.05) is 0 Å². The van der Waals surface area contributed by atoms with E-state index in [1.165, 1.54) is 11.0 Å². The van der Waals surface area contributed by atoms with Crippen molar-refractivity contribution in [3.8, 4) is 5.75 Å². The van der Waals surface area contributed by atoms with Crippen molar-refractivity contribution in [2.45, 2.75) is 13.3 Å². The number of benzene rings is 1. The summed E-state index contributed by atoms with van der Waals surface area (Å²) in [5.74, 6) is -0.688. The quantitative estimate of drug-likeness (QED) is 0.921. The molecule has 1 aromatic rings. The van der Waals surface area contributed by atoms with Crippen molar-refractivity contribution in [1.29, 1.82) is 0 Å². The van der Waals surface area contributed by atoms with Gasteiger partial charge in [-0.05, 0) is 25.5 Å². The summed E-state index contributed by atoms with van der Waals surface area (Å²) in [5.41, 5.74) is -0.876. The second kappa shape index (κ2) is 6.12. The summed E-state index contributed by atoms with van der Waals surface area (Å²) in [6.07, 6.45) is 0.445. The van der Waals surface area contributed by atoms with Crippen LogP contribution >= 0.6 is 23.2 Å². The topological polar surface area (TPSA) is 66.8 Å². The van der Waals surface area contributed by atoms with E-state index in [2.05, 4.69) is 0 Å². The summed E-state index contributed by atoms with van der Waals surface area (Å²) >= 11 is 11.6. The molecular weight excluding hydrogens is 317 g/mol. The van der Waals surface area contributed by atoms with Crippen molar-refractivity contribution < 1.29 is 19.4 Å². The Morgan fingerprint density at radius 3 is 2.67 bits per heavy atom. The van der Waals surface area contributed by atoms with Crippen LogP contribution < -0.4 is 4.74 Å². The zero-order valence-electron chi connectivity index (χ0n) is 11.4. The monoisotopic (exact) mass is 331 g/mol. The molecule has 7 heteroatoms. The molecule has 0 aliphatic carbocycles. The Morgan fingerprint density at radius 2 is 2.10 bits per heavy atom. The van der Waals surface area contributed by atoms with Crippen molar-refractivity contribution in [3.05, 3.63) is 28.2 Å². The Morgan fingerprint density at radius 1 is 1.38 bits per heavy atom. The molecule has 1 saturated heterocycles. The number of carbonyl (C=O) groups excluding carboxylic acids is 1. The predicted molar refractivity (Wildman–Crippen MR) is 78.9 cm³/mol. The van der Waals surface area contributed by atoms with Gasteiger partial charge < -0.3 is 14.7 Å². The van der Waals surface area contributed by atoms with E-state index in [-0.39, 0.29) is 19.1 Å². The van der Waals surface area contributed by atoms with Crippen LogP contribution in [-0.4, -0.2) is 41.6 Å². The van der Waals surface area contributed by atoms with E-state index in [9.17, 15) is 9.59 Å². The maximum absolute atomic E-state index is 12.0. The first kappa shape index (κ1) is 15.9. The zero-order chi connectivity index (χ0) is 15.6. The molecule has 0 aromatic heterocycles. The third-order valence-electron chi connectivity index (χ3n) is 3.60. The van der Waals surface area contributed by atoms with Gasteiger partial charge in [0.05, 0.1) is 15.5 Å². The van der Waals surface area contributed by atoms with Gasteiger partial charge in [-0.25, -0.2) is 0 Å². The van der Waals surface area contributed by atoms with Gasteiger partial charge in [0.1, 0.15) is 5.75 Å². The molecule has 114 valence electrons. The van der Waals surface area contributed by atoms with Crippen LogP contribution in [0.15, 0.2) is 18.2 Å². The number of likely N-dealkylation sites (tertiary alicyclic amines) is 1. The molecule has 1 aromatic carbocycles. The van der Waals surface area contributed by atoms with E-state index >= 15 is 0 Å². The maximum atomic E-state index is 12.0. The standard InChI is InChI=1S/C14H15Cl2NO4/c1-14(13(19)20)4-5-17(8-14)12(18)7-21-9-2-3-10(15)11(16)6-9/h2-3,6H,4-5,7-8H2,1H3,(H,19,20). The molecule has 1 N–H and O–H groups in total. The molecule has 5 nitrogen and oxygen atoms in total. The molecule has 1 heterocycles. The molecule has 21 heavy (non-hydrogen) atoms. The van der Waals surface area contributed by atoms with Gasteiger partial charge in [0.2, 0.25) is 0 Å². The van der Waals surface area contributed by atoms with Gasteiger partial charge in [-0.1, -0.05) is 23.2 Å². The molecule has 2 rings (SSSR count). The fourth-order valence-corrected chi connectivity index (χ4v) is 2.44. The number of carboxylic acid groups (broad SMARTS) is 1. The SMILES string of the molecule is CC1(C(=O)O)CCN(C(=O)COc2ccc(Cl)c(Cl)c2)C1. The van der Waals surface area contributed by atoms with Crippen molar-refractivity contribution in [2.24, 2.45) is 5.41 Å². The van der Waals surface area contributed by atoms with Crippen LogP contribution in [0.4, 0.5) is 0 Å². The van der Waals surface area contributed by atoms with E-state index in [4.69, 9.17) is 33.0 Å². The Bertz CT molecular complexity index is 578. The third-order valence-corrected chi connectivity index (χ3v) is 4.33. The lowest BCUT2D eigenvalue weighted by atomic mass is 9.90. The minimum atomic E-state index is -0.886. The van der Waals surface area contributed by atoms with Crippen molar-refractivity contribution >= 4 is 35.1 Å². The van der Waals surface area contributed by atoms with E-state index in [1.54, 1.807) is 19.1 Å². The average molecular weight is 332 g/mol. The van der Waals surface area contributed by atoms with Crippen molar-refractivity contribution in [3.63, 3.8) is 0 Å². The first-order valence-electron chi connectivity index (χ1n) is 6.41. The molecule has 1 atom stereocenters. The van der Waals surface area contributed by atoms with Crippen LogP contribution in [0.3, 0.4) is 0 Å². The molecular formula is C14H15Cl2NO4. The highest BCUT2D eigenvalue weighted by Crippen LogP contribution is 2.30. The van der Waals surface area contributed by atoms with E-state index in [0.29, 0.717) is 28.8 Å². The number of carbonyl (C=O) groups is 2. The van der Waals surface area contributed by atoms with Gasteiger partial charge in [0.25, 0.3) is 5.91 Å². The number of amides is 1. The lowest BCUT2D eigenvalue weighted by Gasteiger charge is -2.20. The number of rotatable bonds is 4. The fraction of sp³-hybridized carbons (Fsp3) is 0.429. The second-order valence-electron chi connectivity index (χ2n) is 5.30. The fourth-order valence-electron chi connectivity index (χ4n) is 2.15. The summed E-state index contributed by atoms with van der Waals surface area (Å²) in [7, 11) is 0. The number of aliphatic carboxylic acids is 1. The molecule has 1 aliphatic rings. The molecule has 0 spiro atoms. The first-order chi connectivity index (χ1) is 9.82. The molecule has 0 saturated carbocycles. The highest BCUT2D eigenvalue weighted by Gasteiger charge is 2.42. The molecule has 1 unspecified atom stereocenters. The van der Waals surface area contributed by atoms with Crippen molar-refractivity contribution in [1.82, 2.24) is 4.90 Å². The zero-order valence-corrected chi connectivity index (χ0v) is 12.9. The van der Waals surface area contributed by atoms with Gasteiger partial charge in [0, 0.05) is 19.2 Å². The van der Waals surface area contributed by atoms with Crippen LogP contribution in [0.25, 0.3) is 0 Å². The lowest BCUT2D eigenvalue weighted by molar-refractivity contribution is -0.147. The molecule has 0 radical (unpaired) electrons. The molecule has 1 amide bonds. The Kier molecular flexibility index (Phi) is 4.64. The Hall–Kier alpha value is -1.46. The number of nitrogens with zero attached hydrogens (tertiary/aromatic N) is 1. The number of hydrogen-bond donors (Lipinski definition) is 1. The highest BCUT2D eigenvalue weighted by molar-refractivity contribution is 6.42. The number of ether oxygens (including phenoxy) is 1. The normalized spacial score (nSPS) is 21.4. The highest BCUT2D eigenvalue weighted by atomic mass is 35.5. The Balaban J connectivity index is 1.91. The first-order valence-corrected chi connectivity index (χ1v) is 7.16. The van der Waals surface area contributed by atoms with Gasteiger partial charge in [-0.2, -0.15) is 0 Å². The smallest absolute Gasteiger partial charge is 0.311 e. The van der Waals surface area contributed by atoms with E-state index in [0.717, 1.165) is 0 Å². The molecule has 1 aliphatic heterocycles. The number of hydrogen-bond acceptors (Lipinski definition) is 3. The average Bonchev–Trinajstić information content (AvgIpc) is 2.84. The van der Waals surface area contributed by atoms with Crippen LogP contribution in [-0.2, 0) is 9.59 Å². The van der Waals surface area contributed by atoms with Gasteiger partial charge in [-0.3, -0.25) is 9.59 Å². The van der Waals surface area contributed by atoms with Crippen LogP contribution in [0, 0.1) is 5.41 Å². The minimum absolute atomic E-state index is 0.159. The van der Waals surface area contributed by atoms with Crippen LogP contribution in [0.2, 0.25) is 10.0 Å². The largest absolute Gasteiger partial charge is 0.484 e. The Labute approximate surface area is 132 Å². The molecule has 1 fully saturated rings. The van der Waals surface area contributed by atoms with Gasteiger partial charge in [-0.15, -0.1) is 0 Å². The molecule has 0 bridgehead atoms. The number of halogens is 2.